The number of anilines is 1. The highest BCUT2D eigenvalue weighted by Crippen LogP contribution is 2.38. The monoisotopic (exact) mass is 610 g/mol. The van der Waals surface area contributed by atoms with Crippen LogP contribution in [0.5, 0.6) is 11.5 Å². The zero-order valence-electron chi connectivity index (χ0n) is 23.8. The van der Waals surface area contributed by atoms with Crippen LogP contribution in [0.1, 0.15) is 24.5 Å². The van der Waals surface area contributed by atoms with Crippen molar-refractivity contribution in [2.75, 3.05) is 50.9 Å². The molecule has 2 saturated heterocycles. The second-order valence-electron chi connectivity index (χ2n) is 10.5. The van der Waals surface area contributed by atoms with Crippen LogP contribution >= 0.6 is 23.2 Å². The normalized spacial score (nSPS) is 20.4. The first-order valence-electron chi connectivity index (χ1n) is 14.2. The number of amides is 1. The molecule has 0 saturated carbocycles. The summed E-state index contributed by atoms with van der Waals surface area (Å²) >= 11 is 12.4. The predicted octanol–water partition coefficient (Wildman–Crippen LogP) is 6.51. The van der Waals surface area contributed by atoms with Gasteiger partial charge in [0.15, 0.2) is 5.79 Å². The quantitative estimate of drug-likeness (QED) is 0.231. The number of rotatable bonds is 11. The maximum Gasteiger partial charge on any atom is 0.223 e. The number of carbonyl (C=O) groups is 1. The molecule has 0 aromatic heterocycles. The third-order valence-electron chi connectivity index (χ3n) is 7.52. The maximum atomic E-state index is 12.9. The van der Waals surface area contributed by atoms with Crippen LogP contribution in [0, 0.1) is 0 Å². The lowest BCUT2D eigenvalue weighted by Gasteiger charge is -2.36. The smallest absolute Gasteiger partial charge is 0.223 e. The lowest BCUT2D eigenvalue weighted by molar-refractivity contribution is -0.164. The van der Waals surface area contributed by atoms with Gasteiger partial charge in [0.05, 0.1) is 11.6 Å². The van der Waals surface area contributed by atoms with Gasteiger partial charge < -0.3 is 28.7 Å². The third kappa shape index (κ3) is 7.58. The molecule has 0 radical (unpaired) electrons. The fraction of sp³-hybridized carbons (Fsp3) is 0.364. The number of benzene rings is 3. The molecule has 42 heavy (non-hydrogen) atoms. The number of nitrogens with zero attached hydrogens (tertiary/aromatic N) is 2. The van der Waals surface area contributed by atoms with Crippen LogP contribution in [0.2, 0.25) is 10.0 Å². The molecule has 0 spiro atoms. The SMILES string of the molecule is C=CCOc1cccc(CCC(=O)N2CCN(c3ccc(OC[C@@H]4CO[C@](C)(c5ccc(Cl)cc5Cl)O4)cc3)CC2)c1. The fourth-order valence-corrected chi connectivity index (χ4v) is 5.81. The molecule has 1 amide bonds. The number of piperazine rings is 1. The molecular weight excluding hydrogens is 575 g/mol. The minimum Gasteiger partial charge on any atom is -0.491 e. The van der Waals surface area contributed by atoms with Crippen LogP contribution in [-0.2, 0) is 26.5 Å². The first-order chi connectivity index (χ1) is 20.3. The van der Waals surface area contributed by atoms with Crippen LogP contribution in [-0.4, -0.2) is 62.9 Å². The zero-order chi connectivity index (χ0) is 29.5. The van der Waals surface area contributed by atoms with Gasteiger partial charge in [-0.05, 0) is 67.4 Å². The van der Waals surface area contributed by atoms with Gasteiger partial charge in [-0.25, -0.2) is 0 Å². The van der Waals surface area contributed by atoms with Gasteiger partial charge >= 0.3 is 0 Å². The van der Waals surface area contributed by atoms with Crippen LogP contribution in [0.3, 0.4) is 0 Å². The molecule has 0 unspecified atom stereocenters. The van der Waals surface area contributed by atoms with Crippen molar-refractivity contribution in [3.63, 3.8) is 0 Å². The molecule has 3 aromatic rings. The van der Waals surface area contributed by atoms with Gasteiger partial charge in [-0.3, -0.25) is 4.79 Å². The Morgan fingerprint density at radius 3 is 2.55 bits per heavy atom. The van der Waals surface area contributed by atoms with Crippen LogP contribution in [0.15, 0.2) is 79.4 Å². The summed E-state index contributed by atoms with van der Waals surface area (Å²) in [6.07, 6.45) is 2.66. The fourth-order valence-electron chi connectivity index (χ4n) is 5.23. The first kappa shape index (κ1) is 30.2. The Hall–Kier alpha value is -3.23. The van der Waals surface area contributed by atoms with Gasteiger partial charge in [-0.15, -0.1) is 0 Å². The molecule has 2 aliphatic rings. The molecule has 0 aliphatic carbocycles. The molecule has 5 rings (SSSR count). The molecular formula is C33H36Cl2N2O5. The number of aryl methyl sites for hydroxylation is 1. The van der Waals surface area contributed by atoms with E-state index in [1.165, 1.54) is 0 Å². The van der Waals surface area contributed by atoms with Gasteiger partial charge in [0.2, 0.25) is 5.91 Å². The van der Waals surface area contributed by atoms with Gasteiger partial charge in [-0.2, -0.15) is 0 Å². The third-order valence-corrected chi connectivity index (χ3v) is 8.07. The molecule has 3 aromatic carbocycles. The Bertz CT molecular complexity index is 1380. The van der Waals surface area contributed by atoms with E-state index in [-0.39, 0.29) is 12.0 Å². The Morgan fingerprint density at radius 2 is 1.81 bits per heavy atom. The average Bonchev–Trinajstić information content (AvgIpc) is 3.39. The number of carbonyl (C=O) groups excluding carboxylic acids is 1. The maximum absolute atomic E-state index is 12.9. The van der Waals surface area contributed by atoms with E-state index in [0.29, 0.717) is 55.8 Å². The summed E-state index contributed by atoms with van der Waals surface area (Å²) in [5, 5.41) is 1.07. The van der Waals surface area contributed by atoms with Crippen molar-refractivity contribution < 1.29 is 23.7 Å². The number of ether oxygens (including phenoxy) is 4. The highest BCUT2D eigenvalue weighted by atomic mass is 35.5. The summed E-state index contributed by atoms with van der Waals surface area (Å²) in [6, 6.07) is 21.2. The van der Waals surface area contributed by atoms with Gasteiger partial charge in [-0.1, -0.05) is 54.1 Å². The van der Waals surface area contributed by atoms with Crippen molar-refractivity contribution in [3.05, 3.63) is 101 Å². The van der Waals surface area contributed by atoms with E-state index in [2.05, 4.69) is 23.6 Å². The first-order valence-corrected chi connectivity index (χ1v) is 14.9. The second kappa shape index (κ2) is 13.8. The number of hydrogen-bond donors (Lipinski definition) is 0. The summed E-state index contributed by atoms with van der Waals surface area (Å²) in [7, 11) is 0. The van der Waals surface area contributed by atoms with Crippen molar-refractivity contribution in [3.8, 4) is 11.5 Å². The van der Waals surface area contributed by atoms with Crippen LogP contribution < -0.4 is 14.4 Å². The highest BCUT2D eigenvalue weighted by Gasteiger charge is 2.40. The lowest BCUT2D eigenvalue weighted by Crippen LogP contribution is -2.48. The van der Waals surface area contributed by atoms with E-state index in [1.54, 1.807) is 18.2 Å². The van der Waals surface area contributed by atoms with Crippen molar-refractivity contribution >= 4 is 34.8 Å². The summed E-state index contributed by atoms with van der Waals surface area (Å²) in [5.74, 6) is 0.791. The Balaban J connectivity index is 1.05. The van der Waals surface area contributed by atoms with Crippen molar-refractivity contribution in [2.24, 2.45) is 0 Å². The Labute approximate surface area is 257 Å². The second-order valence-corrected chi connectivity index (χ2v) is 11.4. The van der Waals surface area contributed by atoms with Crippen LogP contribution in [0.25, 0.3) is 0 Å². The molecule has 7 nitrogen and oxygen atoms in total. The molecule has 2 fully saturated rings. The molecule has 9 heteroatoms. The molecule has 2 heterocycles. The van der Waals surface area contributed by atoms with E-state index < -0.39 is 5.79 Å². The van der Waals surface area contributed by atoms with E-state index in [9.17, 15) is 4.79 Å². The standard InChI is InChI=1S/C33H36Cl2N2O5/c1-3-19-39-28-6-4-5-24(20-28)7-14-32(38)37-17-15-36(16-18-37)26-9-11-27(12-10-26)40-22-29-23-41-33(2,42-29)30-13-8-25(34)21-31(30)35/h3-6,8-13,20-21,29H,1,7,14-19,22-23H2,2H3/t29-,33+/m1/s1. The minimum atomic E-state index is -0.950. The summed E-state index contributed by atoms with van der Waals surface area (Å²) < 4.78 is 23.7. The van der Waals surface area contributed by atoms with Gasteiger partial charge in [0.1, 0.15) is 30.8 Å². The molecule has 0 bridgehead atoms. The van der Waals surface area contributed by atoms with Gasteiger partial charge in [0.25, 0.3) is 0 Å². The molecule has 222 valence electrons. The largest absolute Gasteiger partial charge is 0.491 e. The van der Waals surface area contributed by atoms with Crippen molar-refractivity contribution in [1.82, 2.24) is 4.90 Å². The van der Waals surface area contributed by atoms with Crippen molar-refractivity contribution in [2.45, 2.75) is 31.7 Å². The van der Waals surface area contributed by atoms with Crippen molar-refractivity contribution in [1.29, 1.82) is 0 Å². The topological polar surface area (TPSA) is 60.5 Å². The molecule has 0 N–H and O–H groups in total. The van der Waals surface area contributed by atoms with Gasteiger partial charge in [0, 0.05) is 48.9 Å². The van der Waals surface area contributed by atoms with E-state index in [4.69, 9.17) is 42.1 Å². The van der Waals surface area contributed by atoms with Crippen LogP contribution in [0.4, 0.5) is 5.69 Å². The predicted molar refractivity (Wildman–Crippen MR) is 166 cm³/mol. The van der Waals surface area contributed by atoms with E-state index >= 15 is 0 Å². The minimum absolute atomic E-state index is 0.184. The Morgan fingerprint density at radius 1 is 1.02 bits per heavy atom. The molecule has 2 atom stereocenters. The van der Waals surface area contributed by atoms with E-state index in [1.807, 2.05) is 54.3 Å². The molecule has 2 aliphatic heterocycles. The summed E-state index contributed by atoms with van der Waals surface area (Å²) in [4.78, 5) is 17.1. The zero-order valence-corrected chi connectivity index (χ0v) is 25.3. The average molecular weight is 612 g/mol. The summed E-state index contributed by atoms with van der Waals surface area (Å²) in [5.41, 5.74) is 2.94. The summed E-state index contributed by atoms with van der Waals surface area (Å²) in [6.45, 7) is 9.73. The lowest BCUT2D eigenvalue weighted by atomic mass is 10.1. The van der Waals surface area contributed by atoms with E-state index in [0.717, 1.165) is 41.4 Å². The number of hydrogen-bond acceptors (Lipinski definition) is 6. The number of halogens is 2. The highest BCUT2D eigenvalue weighted by molar-refractivity contribution is 6.35. The Kier molecular flexibility index (Phi) is 9.95.